The molecule has 1 fully saturated rings. The van der Waals surface area contributed by atoms with E-state index in [9.17, 15) is 25.1 Å². The summed E-state index contributed by atoms with van der Waals surface area (Å²) in [5.41, 5.74) is 0.526. The first-order chi connectivity index (χ1) is 26.3. The Morgan fingerprint density at radius 1 is 1.16 bits per heavy atom. The van der Waals surface area contributed by atoms with Crippen molar-refractivity contribution < 1.29 is 34.0 Å². The molecule has 1 aliphatic carbocycles. The van der Waals surface area contributed by atoms with Crippen molar-refractivity contribution in [1.29, 1.82) is 5.26 Å². The van der Waals surface area contributed by atoms with Crippen molar-refractivity contribution in [3.63, 3.8) is 0 Å². The van der Waals surface area contributed by atoms with Gasteiger partial charge in [-0.3, -0.25) is 19.9 Å². The van der Waals surface area contributed by atoms with E-state index in [1.165, 1.54) is 20.0 Å². The molecule has 0 saturated carbocycles. The minimum absolute atomic E-state index is 0.0154. The van der Waals surface area contributed by atoms with Gasteiger partial charge in [0, 0.05) is 75.3 Å². The van der Waals surface area contributed by atoms with E-state index in [0.29, 0.717) is 35.5 Å². The third-order valence-electron chi connectivity index (χ3n) is 10.0. The summed E-state index contributed by atoms with van der Waals surface area (Å²) in [5.74, 6) is -0.652. The molecule has 2 aliphatic rings. The summed E-state index contributed by atoms with van der Waals surface area (Å²) < 4.78 is 19.5. The number of carboxylic acid groups (broad SMARTS) is 1. The van der Waals surface area contributed by atoms with E-state index in [-0.39, 0.29) is 42.5 Å². The van der Waals surface area contributed by atoms with Crippen LogP contribution in [0.5, 0.6) is 11.5 Å². The highest BCUT2D eigenvalue weighted by Crippen LogP contribution is 2.47. The highest BCUT2D eigenvalue weighted by atomic mass is 35.5. The maximum Gasteiger partial charge on any atom is 0.326 e. The van der Waals surface area contributed by atoms with E-state index < -0.39 is 28.6 Å². The van der Waals surface area contributed by atoms with E-state index in [2.05, 4.69) is 26.6 Å². The van der Waals surface area contributed by atoms with Crippen molar-refractivity contribution >= 4 is 40.7 Å². The molecule has 1 amide bonds. The summed E-state index contributed by atoms with van der Waals surface area (Å²) in [6.45, 7) is 6.98. The van der Waals surface area contributed by atoms with Gasteiger partial charge in [-0.1, -0.05) is 54.1 Å². The van der Waals surface area contributed by atoms with Crippen molar-refractivity contribution in [1.82, 2.24) is 20.5 Å². The van der Waals surface area contributed by atoms with Crippen LogP contribution in [0.15, 0.2) is 79.2 Å². The minimum atomic E-state index is -1.63. The lowest BCUT2D eigenvalue weighted by molar-refractivity contribution is -0.146. The first kappa shape index (κ1) is 41.7. The highest BCUT2D eigenvalue weighted by molar-refractivity contribution is 6.32. The molecule has 1 saturated heterocycles. The van der Waals surface area contributed by atoms with Gasteiger partial charge >= 0.3 is 5.97 Å². The van der Waals surface area contributed by atoms with E-state index in [0.717, 1.165) is 37.2 Å². The SMILES string of the molecule is CC(=O)NC1CCN(CCCOC2(COc3cc(OCc4cncc(C#N)c4)c(CNC(C)(CO)C(=O)O)cc3Cl)C=CC=C(c3ccccc3)C2(C)Cl)C1. The fourth-order valence-electron chi connectivity index (χ4n) is 6.64. The molecule has 1 aliphatic heterocycles. The third kappa shape index (κ3) is 10.2. The number of ether oxygens (including phenoxy) is 3. The molecule has 4 N–H and O–H groups in total. The zero-order valence-corrected chi connectivity index (χ0v) is 32.7. The average molecular weight is 793 g/mol. The number of alkyl halides is 1. The molecule has 292 valence electrons. The minimum Gasteiger partial charge on any atom is -0.488 e. The molecule has 0 radical (unpaired) electrons. The Morgan fingerprint density at radius 2 is 1.95 bits per heavy atom. The maximum absolute atomic E-state index is 11.9. The predicted octanol–water partition coefficient (Wildman–Crippen LogP) is 5.50. The van der Waals surface area contributed by atoms with Gasteiger partial charge in [-0.05, 0) is 56.0 Å². The number of carbonyl (C=O) groups is 2. The fourth-order valence-corrected chi connectivity index (χ4v) is 7.23. The predicted molar refractivity (Wildman–Crippen MR) is 210 cm³/mol. The van der Waals surface area contributed by atoms with Crippen molar-refractivity contribution in [3.05, 3.63) is 106 Å². The van der Waals surface area contributed by atoms with Crippen LogP contribution in [0, 0.1) is 11.3 Å². The van der Waals surface area contributed by atoms with Crippen LogP contribution in [0.2, 0.25) is 5.02 Å². The van der Waals surface area contributed by atoms with Crippen LogP contribution >= 0.6 is 23.2 Å². The van der Waals surface area contributed by atoms with Gasteiger partial charge in [0.15, 0.2) is 0 Å². The monoisotopic (exact) mass is 791 g/mol. The molecule has 14 heteroatoms. The van der Waals surface area contributed by atoms with Gasteiger partial charge in [0.25, 0.3) is 0 Å². The number of aliphatic hydroxyl groups is 1. The molecular formula is C41H47Cl2N5O7. The number of hydrogen-bond acceptors (Lipinski definition) is 10. The number of halogens is 2. The lowest BCUT2D eigenvalue weighted by Gasteiger charge is -2.45. The van der Waals surface area contributed by atoms with Crippen molar-refractivity contribution in [2.45, 2.75) is 68.8 Å². The smallest absolute Gasteiger partial charge is 0.326 e. The van der Waals surface area contributed by atoms with E-state index in [1.54, 1.807) is 24.4 Å². The number of aromatic nitrogens is 1. The fraction of sp³-hybridized carbons (Fsp3) is 0.415. The molecular weight excluding hydrogens is 745 g/mol. The van der Waals surface area contributed by atoms with Gasteiger partial charge in [-0.2, -0.15) is 5.26 Å². The molecule has 3 aromatic rings. The van der Waals surface area contributed by atoms with Crippen LogP contribution in [-0.4, -0.2) is 93.5 Å². The normalized spacial score (nSPS) is 22.0. The molecule has 2 heterocycles. The van der Waals surface area contributed by atoms with Gasteiger partial charge in [0.1, 0.15) is 46.8 Å². The van der Waals surface area contributed by atoms with Crippen LogP contribution in [0.25, 0.3) is 5.57 Å². The second-order valence-corrected chi connectivity index (χ2v) is 15.4. The van der Waals surface area contributed by atoms with E-state index in [1.807, 2.05) is 55.5 Å². The number of likely N-dealkylation sites (tertiary alicyclic amines) is 1. The number of rotatable bonds is 18. The molecule has 55 heavy (non-hydrogen) atoms. The molecule has 0 spiro atoms. The van der Waals surface area contributed by atoms with Crippen LogP contribution in [0.1, 0.15) is 55.9 Å². The molecule has 4 unspecified atom stereocenters. The van der Waals surface area contributed by atoms with E-state index in [4.69, 9.17) is 37.4 Å². The summed E-state index contributed by atoms with van der Waals surface area (Å²) in [4.78, 5) is 28.8. The number of allylic oxidation sites excluding steroid dienone is 2. The Morgan fingerprint density at radius 3 is 2.65 bits per heavy atom. The summed E-state index contributed by atoms with van der Waals surface area (Å²) >= 11 is 14.4. The summed E-state index contributed by atoms with van der Waals surface area (Å²) in [6.07, 6.45) is 10.5. The number of amides is 1. The topological polar surface area (TPSA) is 166 Å². The number of nitrogens with zero attached hydrogens (tertiary/aromatic N) is 3. The molecule has 2 aromatic carbocycles. The number of carboxylic acids is 1. The van der Waals surface area contributed by atoms with Gasteiger partial charge in [0.05, 0.1) is 17.2 Å². The molecule has 12 nitrogen and oxygen atoms in total. The van der Waals surface area contributed by atoms with Gasteiger partial charge in [0.2, 0.25) is 5.91 Å². The van der Waals surface area contributed by atoms with Crippen molar-refractivity contribution in [3.8, 4) is 17.6 Å². The molecule has 4 atom stereocenters. The van der Waals surface area contributed by atoms with Gasteiger partial charge in [-0.25, -0.2) is 0 Å². The summed E-state index contributed by atoms with van der Waals surface area (Å²) in [6, 6.07) is 16.9. The van der Waals surface area contributed by atoms with E-state index >= 15 is 0 Å². The Labute approximate surface area is 331 Å². The molecule has 5 rings (SSSR count). The quantitative estimate of drug-likeness (QED) is 0.0950. The second kappa shape index (κ2) is 18.4. The second-order valence-electron chi connectivity index (χ2n) is 14.2. The third-order valence-corrected chi connectivity index (χ3v) is 10.8. The zero-order valence-electron chi connectivity index (χ0n) is 31.2. The molecule has 1 aromatic heterocycles. The van der Waals surface area contributed by atoms with Crippen molar-refractivity contribution in [2.24, 2.45) is 0 Å². The van der Waals surface area contributed by atoms with Gasteiger partial charge < -0.3 is 34.6 Å². The number of benzene rings is 2. The van der Waals surface area contributed by atoms with Crippen LogP contribution < -0.4 is 20.1 Å². The first-order valence-electron chi connectivity index (χ1n) is 18.1. The number of nitrogens with one attached hydrogen (secondary N) is 2. The van der Waals surface area contributed by atoms with Crippen LogP contribution in [-0.2, 0) is 27.5 Å². The lowest BCUT2D eigenvalue weighted by atomic mass is 9.76. The number of pyridine rings is 1. The van der Waals surface area contributed by atoms with Crippen molar-refractivity contribution in [2.75, 3.05) is 39.5 Å². The number of aliphatic hydroxyl groups excluding tert-OH is 1. The number of nitriles is 1. The van der Waals surface area contributed by atoms with Gasteiger partial charge in [-0.15, -0.1) is 11.6 Å². The van der Waals surface area contributed by atoms with Crippen LogP contribution in [0.3, 0.4) is 0 Å². The largest absolute Gasteiger partial charge is 0.488 e. The lowest BCUT2D eigenvalue weighted by Crippen LogP contribution is -2.55. The summed E-state index contributed by atoms with van der Waals surface area (Å²) in [5, 5.41) is 35.0. The highest BCUT2D eigenvalue weighted by Gasteiger charge is 2.51. The maximum atomic E-state index is 11.9. The van der Waals surface area contributed by atoms with Crippen LogP contribution in [0.4, 0.5) is 0 Å². The number of hydrogen-bond donors (Lipinski definition) is 4. The Balaban J connectivity index is 1.40. The summed E-state index contributed by atoms with van der Waals surface area (Å²) in [7, 11) is 0. The Hall–Kier alpha value is -4.48. The standard InChI is InChI=1S/C41H47Cl2N5O7/c1-28(50)47-33-12-15-48(24-33)14-8-16-55-41(13-7-11-34(40(41,3)43)31-9-5-4-6-10-31)27-54-37-19-36(53-25-30-17-29(20-44)21-45-22-30)32(18-35(37)42)23-46-39(2,26-49)38(51)52/h4-7,9-11,13,17-19,21-22,33,46,49H,8,12,14-16,23-27H2,1-3H3,(H,47,50)(H,51,52). The number of carbonyl (C=O) groups excluding carboxylic acids is 1. The first-order valence-corrected chi connectivity index (χ1v) is 18.8. The average Bonchev–Trinajstić information content (AvgIpc) is 3.61. The zero-order chi connectivity index (χ0) is 39.6. The Bertz CT molecular complexity index is 1940. The number of aliphatic carboxylic acids is 1. The molecule has 0 bridgehead atoms. The Kier molecular flexibility index (Phi) is 14.0.